The summed E-state index contributed by atoms with van der Waals surface area (Å²) in [7, 11) is 0. The first-order chi connectivity index (χ1) is 11.1. The molecule has 2 N–H and O–H groups in total. The predicted molar refractivity (Wildman–Crippen MR) is 88.8 cm³/mol. The summed E-state index contributed by atoms with van der Waals surface area (Å²) < 4.78 is 12.9. The molecule has 0 radical (unpaired) electrons. The Balaban J connectivity index is 2.04. The molecule has 4 nitrogen and oxygen atoms in total. The number of aromatic nitrogens is 1. The van der Waals surface area contributed by atoms with Crippen molar-refractivity contribution in [2.45, 2.75) is 30.2 Å². The van der Waals surface area contributed by atoms with Gasteiger partial charge in [-0.1, -0.05) is 12.1 Å². The van der Waals surface area contributed by atoms with Crippen LogP contribution in [0.3, 0.4) is 0 Å². The van der Waals surface area contributed by atoms with Gasteiger partial charge in [-0.05, 0) is 43.2 Å². The van der Waals surface area contributed by atoms with Gasteiger partial charge in [-0.2, -0.15) is 0 Å². The summed E-state index contributed by atoms with van der Waals surface area (Å²) in [6, 6.07) is 9.59. The van der Waals surface area contributed by atoms with Gasteiger partial charge in [0, 0.05) is 24.6 Å². The van der Waals surface area contributed by atoms with Crippen LogP contribution in [0.2, 0.25) is 0 Å². The van der Waals surface area contributed by atoms with Gasteiger partial charge in [-0.3, -0.25) is 4.79 Å². The molecule has 0 saturated carbocycles. The summed E-state index contributed by atoms with van der Waals surface area (Å²) >= 11 is 1.43. The van der Waals surface area contributed by atoms with Gasteiger partial charge in [0.15, 0.2) is 0 Å². The van der Waals surface area contributed by atoms with Crippen LogP contribution in [0.5, 0.6) is 0 Å². The minimum Gasteiger partial charge on any atom is -0.396 e. The normalized spacial score (nSPS) is 12.0. The third-order valence-electron chi connectivity index (χ3n) is 3.24. The highest BCUT2D eigenvalue weighted by molar-refractivity contribution is 7.98. The zero-order valence-electron chi connectivity index (χ0n) is 12.8. The van der Waals surface area contributed by atoms with Crippen LogP contribution in [0.15, 0.2) is 47.6 Å². The van der Waals surface area contributed by atoms with E-state index in [4.69, 9.17) is 5.11 Å². The fraction of sp³-hybridized carbons (Fsp3) is 0.294. The number of carbonyl (C=O) groups excluding carboxylic acids is 1. The maximum atomic E-state index is 12.9. The third-order valence-corrected chi connectivity index (χ3v) is 4.32. The van der Waals surface area contributed by atoms with Gasteiger partial charge in [-0.15, -0.1) is 11.8 Å². The van der Waals surface area contributed by atoms with E-state index in [-0.39, 0.29) is 24.4 Å². The van der Waals surface area contributed by atoms with Crippen molar-refractivity contribution in [2.75, 3.05) is 6.61 Å². The van der Waals surface area contributed by atoms with Gasteiger partial charge in [0.1, 0.15) is 10.8 Å². The topological polar surface area (TPSA) is 62.2 Å². The van der Waals surface area contributed by atoms with E-state index in [1.807, 2.05) is 6.92 Å². The highest BCUT2D eigenvalue weighted by Crippen LogP contribution is 2.24. The molecule has 1 unspecified atom stereocenters. The Morgan fingerprint density at radius 2 is 2.09 bits per heavy atom. The lowest BCUT2D eigenvalue weighted by molar-refractivity contribution is 0.0930. The number of carbonyl (C=O) groups is 1. The second-order valence-electron chi connectivity index (χ2n) is 5.16. The molecule has 2 rings (SSSR count). The number of pyridine rings is 1. The minimum atomic E-state index is -0.269. The van der Waals surface area contributed by atoms with Crippen LogP contribution in [-0.4, -0.2) is 28.6 Å². The Kier molecular flexibility index (Phi) is 6.55. The summed E-state index contributed by atoms with van der Waals surface area (Å²) in [5.74, 6) is 0.124. The van der Waals surface area contributed by atoms with Crippen molar-refractivity contribution < 1.29 is 14.3 Å². The summed E-state index contributed by atoms with van der Waals surface area (Å²) in [5.41, 5.74) is 1.46. The number of rotatable bonds is 7. The third kappa shape index (κ3) is 5.33. The molecule has 0 saturated heterocycles. The summed E-state index contributed by atoms with van der Waals surface area (Å²) in [6.07, 6.45) is 2.14. The van der Waals surface area contributed by atoms with Crippen molar-refractivity contribution in [3.63, 3.8) is 0 Å². The van der Waals surface area contributed by atoms with Crippen molar-refractivity contribution in [1.82, 2.24) is 10.3 Å². The SMILES string of the molecule is CC(CCO)NC(=O)c1cccnc1SCc1ccc(F)cc1. The number of thioether (sulfide) groups is 1. The Bertz CT molecular complexity index is 649. The molecular formula is C17H19FN2O2S. The van der Waals surface area contributed by atoms with Crippen molar-refractivity contribution in [3.8, 4) is 0 Å². The maximum Gasteiger partial charge on any atom is 0.254 e. The first-order valence-electron chi connectivity index (χ1n) is 7.34. The van der Waals surface area contributed by atoms with Gasteiger partial charge >= 0.3 is 0 Å². The van der Waals surface area contributed by atoms with Crippen LogP contribution in [0.25, 0.3) is 0 Å². The largest absolute Gasteiger partial charge is 0.396 e. The van der Waals surface area contributed by atoms with Gasteiger partial charge in [0.2, 0.25) is 0 Å². The van der Waals surface area contributed by atoms with E-state index in [2.05, 4.69) is 10.3 Å². The quantitative estimate of drug-likeness (QED) is 0.764. The molecular weight excluding hydrogens is 315 g/mol. The smallest absolute Gasteiger partial charge is 0.254 e. The molecule has 23 heavy (non-hydrogen) atoms. The molecule has 1 aromatic heterocycles. The number of aliphatic hydroxyl groups excluding tert-OH is 1. The molecule has 1 atom stereocenters. The molecule has 0 aliphatic rings. The van der Waals surface area contributed by atoms with Crippen LogP contribution < -0.4 is 5.32 Å². The van der Waals surface area contributed by atoms with Gasteiger partial charge in [-0.25, -0.2) is 9.37 Å². The van der Waals surface area contributed by atoms with Crippen LogP contribution >= 0.6 is 11.8 Å². The average Bonchev–Trinajstić information content (AvgIpc) is 2.55. The van der Waals surface area contributed by atoms with Gasteiger partial charge < -0.3 is 10.4 Å². The Morgan fingerprint density at radius 1 is 1.35 bits per heavy atom. The molecule has 0 spiro atoms. The van der Waals surface area contributed by atoms with E-state index in [9.17, 15) is 9.18 Å². The number of nitrogens with zero attached hydrogens (tertiary/aromatic N) is 1. The van der Waals surface area contributed by atoms with Crippen molar-refractivity contribution in [2.24, 2.45) is 0 Å². The molecule has 6 heteroatoms. The number of amides is 1. The summed E-state index contributed by atoms with van der Waals surface area (Å²) in [6.45, 7) is 1.87. The van der Waals surface area contributed by atoms with E-state index in [0.717, 1.165) is 5.56 Å². The van der Waals surface area contributed by atoms with E-state index in [0.29, 0.717) is 22.8 Å². The average molecular weight is 334 g/mol. The molecule has 122 valence electrons. The molecule has 0 bridgehead atoms. The van der Waals surface area contributed by atoms with Crippen molar-refractivity contribution in [1.29, 1.82) is 0 Å². The van der Waals surface area contributed by atoms with Crippen LogP contribution in [0, 0.1) is 5.82 Å². The second-order valence-corrected chi connectivity index (χ2v) is 6.12. The fourth-order valence-corrected chi connectivity index (χ4v) is 2.93. The van der Waals surface area contributed by atoms with Crippen LogP contribution in [-0.2, 0) is 5.75 Å². The van der Waals surface area contributed by atoms with E-state index < -0.39 is 0 Å². The zero-order valence-corrected chi connectivity index (χ0v) is 13.6. The zero-order chi connectivity index (χ0) is 16.7. The Labute approximate surface area is 139 Å². The van der Waals surface area contributed by atoms with Crippen molar-refractivity contribution >= 4 is 17.7 Å². The summed E-state index contributed by atoms with van der Waals surface area (Å²) in [5, 5.41) is 12.4. The molecule has 1 heterocycles. The number of halogens is 1. The number of hydrogen-bond acceptors (Lipinski definition) is 4. The fourth-order valence-electron chi connectivity index (χ4n) is 1.98. The number of aliphatic hydroxyl groups is 1. The molecule has 1 aromatic carbocycles. The lowest BCUT2D eigenvalue weighted by Crippen LogP contribution is -2.33. The van der Waals surface area contributed by atoms with Crippen molar-refractivity contribution in [3.05, 3.63) is 59.5 Å². The number of nitrogens with one attached hydrogen (secondary N) is 1. The van der Waals surface area contributed by atoms with E-state index in [1.165, 1.54) is 23.9 Å². The molecule has 1 amide bonds. The number of hydrogen-bond donors (Lipinski definition) is 2. The lowest BCUT2D eigenvalue weighted by Gasteiger charge is -2.14. The van der Waals surface area contributed by atoms with E-state index in [1.54, 1.807) is 30.5 Å². The molecule has 2 aromatic rings. The molecule has 0 aliphatic carbocycles. The van der Waals surface area contributed by atoms with Crippen LogP contribution in [0.1, 0.15) is 29.3 Å². The van der Waals surface area contributed by atoms with Gasteiger partial charge in [0.25, 0.3) is 5.91 Å². The first-order valence-corrected chi connectivity index (χ1v) is 8.32. The number of benzene rings is 1. The predicted octanol–water partition coefficient (Wildman–Crippen LogP) is 3.01. The lowest BCUT2D eigenvalue weighted by atomic mass is 10.2. The first kappa shape index (κ1) is 17.4. The molecule has 0 aliphatic heterocycles. The monoisotopic (exact) mass is 334 g/mol. The molecule has 0 fully saturated rings. The second kappa shape index (κ2) is 8.64. The minimum absolute atomic E-state index is 0.0284. The van der Waals surface area contributed by atoms with E-state index >= 15 is 0 Å². The standard InChI is InChI=1S/C17H19FN2O2S/c1-12(8-10-21)20-16(22)15-3-2-9-19-17(15)23-11-13-4-6-14(18)7-5-13/h2-7,9,12,21H,8,10-11H2,1H3,(H,20,22). The van der Waals surface area contributed by atoms with Gasteiger partial charge in [0.05, 0.1) is 5.56 Å². The van der Waals surface area contributed by atoms with Crippen LogP contribution in [0.4, 0.5) is 4.39 Å². The summed E-state index contributed by atoms with van der Waals surface area (Å²) in [4.78, 5) is 16.6. The highest BCUT2D eigenvalue weighted by Gasteiger charge is 2.14. The Morgan fingerprint density at radius 3 is 2.78 bits per heavy atom. The Hall–Kier alpha value is -1.92. The highest BCUT2D eigenvalue weighted by atomic mass is 32.2. The maximum absolute atomic E-state index is 12.9.